The molecule has 0 saturated heterocycles. The van der Waals surface area contributed by atoms with E-state index in [9.17, 15) is 14.9 Å². The van der Waals surface area contributed by atoms with E-state index in [1.165, 1.54) is 25.3 Å². The largest absolute Gasteiger partial charge is 0.486 e. The van der Waals surface area contributed by atoms with Crippen molar-refractivity contribution >= 4 is 27.6 Å². The molecule has 0 N–H and O–H groups in total. The molecule has 0 aromatic heterocycles. The number of nitro benzene ring substituents is 1. The van der Waals surface area contributed by atoms with Crippen LogP contribution in [0.4, 0.5) is 5.69 Å². The summed E-state index contributed by atoms with van der Waals surface area (Å²) in [5, 5.41) is 11.6. The minimum absolute atomic E-state index is 0.0460. The zero-order valence-electron chi connectivity index (χ0n) is 9.72. The third kappa shape index (κ3) is 3.43. The maximum absolute atomic E-state index is 11.5. The zero-order valence-corrected chi connectivity index (χ0v) is 11.3. The molecule has 0 saturated carbocycles. The molecule has 0 fully saturated rings. The lowest BCUT2D eigenvalue weighted by Crippen LogP contribution is -2.09. The first kappa shape index (κ1) is 14.4. The predicted molar refractivity (Wildman–Crippen MR) is 68.3 cm³/mol. The minimum atomic E-state index is -0.660. The second-order valence-corrected chi connectivity index (χ2v) is 4.09. The van der Waals surface area contributed by atoms with Crippen molar-refractivity contribution in [3.63, 3.8) is 0 Å². The molecular weight excluding hydrogens is 306 g/mol. The molecule has 18 heavy (non-hydrogen) atoms. The second kappa shape index (κ2) is 6.95. The summed E-state index contributed by atoms with van der Waals surface area (Å²) in [6.45, 7) is 0.278. The fourth-order valence-corrected chi connectivity index (χ4v) is 1.55. The molecule has 1 aromatic carbocycles. The van der Waals surface area contributed by atoms with Crippen molar-refractivity contribution in [2.75, 3.05) is 19.0 Å². The smallest absolute Gasteiger partial charge is 0.341 e. The van der Waals surface area contributed by atoms with Gasteiger partial charge in [-0.1, -0.05) is 22.0 Å². The van der Waals surface area contributed by atoms with Gasteiger partial charge in [0, 0.05) is 11.4 Å². The van der Waals surface area contributed by atoms with Crippen molar-refractivity contribution in [1.82, 2.24) is 0 Å². The summed E-state index contributed by atoms with van der Waals surface area (Å²) in [6, 6.07) is 4.14. The summed E-state index contributed by atoms with van der Waals surface area (Å²) >= 11 is 3.23. The second-order valence-electron chi connectivity index (χ2n) is 3.29. The molecule has 7 heteroatoms. The quantitative estimate of drug-likeness (QED) is 0.265. The number of halogens is 1. The maximum atomic E-state index is 11.5. The first-order valence-corrected chi connectivity index (χ1v) is 6.28. The van der Waals surface area contributed by atoms with Crippen LogP contribution in [0.2, 0.25) is 0 Å². The first-order chi connectivity index (χ1) is 8.61. The van der Waals surface area contributed by atoms with Crippen molar-refractivity contribution < 1.29 is 19.2 Å². The van der Waals surface area contributed by atoms with Crippen molar-refractivity contribution in [2.45, 2.75) is 6.42 Å². The number of para-hydroxylation sites is 1. The van der Waals surface area contributed by atoms with Gasteiger partial charge in [-0.3, -0.25) is 10.1 Å². The highest BCUT2D eigenvalue weighted by molar-refractivity contribution is 9.09. The first-order valence-electron chi connectivity index (χ1n) is 5.16. The van der Waals surface area contributed by atoms with Crippen molar-refractivity contribution in [1.29, 1.82) is 0 Å². The highest BCUT2D eigenvalue weighted by Gasteiger charge is 2.23. The Balaban J connectivity index is 3.12. The van der Waals surface area contributed by atoms with Gasteiger partial charge in [-0.05, 0) is 12.5 Å². The molecule has 0 bridgehead atoms. The van der Waals surface area contributed by atoms with Gasteiger partial charge in [0.15, 0.2) is 0 Å². The SMILES string of the molecule is COC(=O)c1cccc([N+](=O)[O-])c1OCCCBr. The van der Waals surface area contributed by atoms with Crippen LogP contribution in [0.15, 0.2) is 18.2 Å². The van der Waals surface area contributed by atoms with Crippen LogP contribution >= 0.6 is 15.9 Å². The number of nitrogens with zero attached hydrogens (tertiary/aromatic N) is 1. The van der Waals surface area contributed by atoms with Gasteiger partial charge in [-0.2, -0.15) is 0 Å². The van der Waals surface area contributed by atoms with E-state index >= 15 is 0 Å². The van der Waals surface area contributed by atoms with Crippen LogP contribution in [-0.4, -0.2) is 29.9 Å². The molecule has 0 heterocycles. The average Bonchev–Trinajstić information content (AvgIpc) is 2.38. The van der Waals surface area contributed by atoms with Crippen molar-refractivity contribution in [3.05, 3.63) is 33.9 Å². The number of nitro groups is 1. The number of benzene rings is 1. The summed E-state index contributed by atoms with van der Waals surface area (Å²) in [5.74, 6) is -0.706. The van der Waals surface area contributed by atoms with Gasteiger partial charge in [0.25, 0.3) is 0 Å². The van der Waals surface area contributed by atoms with Gasteiger partial charge >= 0.3 is 11.7 Å². The summed E-state index contributed by atoms with van der Waals surface area (Å²) in [6.07, 6.45) is 0.673. The molecule has 0 aliphatic heterocycles. The number of rotatable bonds is 6. The topological polar surface area (TPSA) is 78.7 Å². The highest BCUT2D eigenvalue weighted by Crippen LogP contribution is 2.31. The Morgan fingerprint density at radius 2 is 2.22 bits per heavy atom. The van der Waals surface area contributed by atoms with E-state index in [0.717, 1.165) is 0 Å². The van der Waals surface area contributed by atoms with Gasteiger partial charge in [-0.25, -0.2) is 4.79 Å². The molecule has 0 atom stereocenters. The summed E-state index contributed by atoms with van der Waals surface area (Å²) in [7, 11) is 1.21. The monoisotopic (exact) mass is 317 g/mol. The number of carbonyl (C=O) groups excluding carboxylic acids is 1. The summed E-state index contributed by atoms with van der Waals surface area (Å²) < 4.78 is 9.89. The Morgan fingerprint density at radius 1 is 1.50 bits per heavy atom. The third-order valence-electron chi connectivity index (χ3n) is 2.12. The molecule has 0 radical (unpaired) electrons. The van der Waals surface area contributed by atoms with E-state index in [0.29, 0.717) is 11.8 Å². The normalized spacial score (nSPS) is 9.89. The van der Waals surface area contributed by atoms with Crippen molar-refractivity contribution in [2.24, 2.45) is 0 Å². The Bertz CT molecular complexity index is 449. The standard InChI is InChI=1S/C11H12BrNO5/c1-17-11(14)8-4-2-5-9(13(15)16)10(8)18-7-3-6-12/h2,4-5H,3,6-7H2,1H3. The number of ether oxygens (including phenoxy) is 2. The molecule has 98 valence electrons. The highest BCUT2D eigenvalue weighted by atomic mass is 79.9. The van der Waals surface area contributed by atoms with E-state index in [4.69, 9.17) is 4.74 Å². The van der Waals surface area contributed by atoms with Crippen LogP contribution in [0.3, 0.4) is 0 Å². The molecule has 0 aliphatic carbocycles. The van der Waals surface area contributed by atoms with Crippen LogP contribution in [0, 0.1) is 10.1 Å². The Morgan fingerprint density at radius 3 is 2.78 bits per heavy atom. The lowest BCUT2D eigenvalue weighted by Gasteiger charge is -2.09. The molecular formula is C11H12BrNO5. The Labute approximate surface area is 112 Å². The number of hydrogen-bond acceptors (Lipinski definition) is 5. The van der Waals surface area contributed by atoms with E-state index in [-0.39, 0.29) is 23.6 Å². The van der Waals surface area contributed by atoms with E-state index in [1.54, 1.807) is 0 Å². The minimum Gasteiger partial charge on any atom is -0.486 e. The summed E-state index contributed by atoms with van der Waals surface area (Å²) in [5.41, 5.74) is -0.186. The van der Waals surface area contributed by atoms with Crippen LogP contribution < -0.4 is 4.74 Å². The van der Waals surface area contributed by atoms with Gasteiger partial charge in [0.05, 0.1) is 18.6 Å². The predicted octanol–water partition coefficient (Wildman–Crippen LogP) is 2.55. The fraction of sp³-hybridized carbons (Fsp3) is 0.364. The lowest BCUT2D eigenvalue weighted by atomic mass is 10.1. The van der Waals surface area contributed by atoms with Crippen LogP contribution in [-0.2, 0) is 4.74 Å². The van der Waals surface area contributed by atoms with Gasteiger partial charge < -0.3 is 9.47 Å². The number of hydrogen-bond donors (Lipinski definition) is 0. The van der Waals surface area contributed by atoms with E-state index in [1.807, 2.05) is 0 Å². The van der Waals surface area contributed by atoms with Gasteiger partial charge in [0.2, 0.25) is 5.75 Å². The number of esters is 1. The van der Waals surface area contributed by atoms with Crippen LogP contribution in [0.1, 0.15) is 16.8 Å². The average molecular weight is 318 g/mol. The Kier molecular flexibility index (Phi) is 5.57. The van der Waals surface area contributed by atoms with Crippen LogP contribution in [0.25, 0.3) is 0 Å². The molecule has 0 unspecified atom stereocenters. The lowest BCUT2D eigenvalue weighted by molar-refractivity contribution is -0.385. The maximum Gasteiger partial charge on any atom is 0.341 e. The number of alkyl halides is 1. The molecule has 0 aliphatic rings. The molecule has 0 spiro atoms. The number of carbonyl (C=O) groups is 1. The molecule has 1 rings (SSSR count). The fourth-order valence-electron chi connectivity index (χ4n) is 1.32. The summed E-state index contributed by atoms with van der Waals surface area (Å²) in [4.78, 5) is 21.8. The van der Waals surface area contributed by atoms with E-state index in [2.05, 4.69) is 20.7 Å². The van der Waals surface area contributed by atoms with Crippen molar-refractivity contribution in [3.8, 4) is 5.75 Å². The molecule has 1 aromatic rings. The zero-order chi connectivity index (χ0) is 13.5. The van der Waals surface area contributed by atoms with Crippen LogP contribution in [0.5, 0.6) is 5.75 Å². The van der Waals surface area contributed by atoms with E-state index < -0.39 is 10.9 Å². The Hall–Kier alpha value is -1.63. The third-order valence-corrected chi connectivity index (χ3v) is 2.68. The molecule has 6 nitrogen and oxygen atoms in total. The molecule has 0 amide bonds. The van der Waals surface area contributed by atoms with Gasteiger partial charge in [-0.15, -0.1) is 0 Å². The number of methoxy groups -OCH3 is 1. The van der Waals surface area contributed by atoms with Gasteiger partial charge in [0.1, 0.15) is 5.56 Å².